The van der Waals surface area contributed by atoms with Crippen LogP contribution in [0.3, 0.4) is 0 Å². The minimum atomic E-state index is -3.51. The molecular weight excluding hydrogens is 362 g/mol. The molecule has 1 heterocycles. The van der Waals surface area contributed by atoms with E-state index in [1.165, 1.54) is 18.2 Å². The van der Waals surface area contributed by atoms with Crippen molar-refractivity contribution >= 4 is 21.6 Å². The maximum atomic E-state index is 12.8. The van der Waals surface area contributed by atoms with Crippen LogP contribution in [-0.2, 0) is 10.0 Å². The fourth-order valence-corrected chi connectivity index (χ4v) is 4.59. The van der Waals surface area contributed by atoms with E-state index < -0.39 is 10.0 Å². The molecule has 1 aliphatic heterocycles. The van der Waals surface area contributed by atoms with E-state index in [0.29, 0.717) is 29.9 Å². The third-order valence-electron chi connectivity index (χ3n) is 4.57. The van der Waals surface area contributed by atoms with Gasteiger partial charge in [-0.25, -0.2) is 8.42 Å². The molecule has 1 N–H and O–H groups in total. The Bertz CT molecular complexity index is 955. The van der Waals surface area contributed by atoms with Crippen LogP contribution in [0.5, 0.6) is 0 Å². The number of nitrogens with one attached hydrogen (secondary N) is 1. The number of sulfonamides is 1. The Morgan fingerprint density at radius 3 is 2.30 bits per heavy atom. The fraction of sp³-hybridized carbons (Fsp3) is 0.300. The van der Waals surface area contributed by atoms with Gasteiger partial charge in [-0.2, -0.15) is 9.57 Å². The smallest absolute Gasteiger partial charge is 0.255 e. The van der Waals surface area contributed by atoms with Gasteiger partial charge in [0.05, 0.1) is 16.5 Å². The summed E-state index contributed by atoms with van der Waals surface area (Å²) in [6.45, 7) is 1.10. The monoisotopic (exact) mass is 383 g/mol. The zero-order valence-electron chi connectivity index (χ0n) is 14.9. The van der Waals surface area contributed by atoms with Crippen LogP contribution in [0.25, 0.3) is 0 Å². The molecule has 0 radical (unpaired) electrons. The largest absolute Gasteiger partial charge is 0.322 e. The fourth-order valence-electron chi connectivity index (χ4n) is 3.07. The van der Waals surface area contributed by atoms with Crippen LogP contribution in [0.15, 0.2) is 53.4 Å². The van der Waals surface area contributed by atoms with Gasteiger partial charge in [-0.15, -0.1) is 0 Å². The molecular formula is C20H21N3O3S. The molecule has 0 unspecified atom stereocenters. The number of hydrogen-bond donors (Lipinski definition) is 1. The summed E-state index contributed by atoms with van der Waals surface area (Å²) in [5, 5.41) is 11.6. The topological polar surface area (TPSA) is 90.3 Å². The summed E-state index contributed by atoms with van der Waals surface area (Å²) in [5.41, 5.74) is 1.27. The van der Waals surface area contributed by atoms with Crippen LogP contribution in [0, 0.1) is 11.3 Å². The lowest BCUT2D eigenvalue weighted by atomic mass is 10.1. The summed E-state index contributed by atoms with van der Waals surface area (Å²) in [6, 6.07) is 14.6. The van der Waals surface area contributed by atoms with Gasteiger partial charge in [0.15, 0.2) is 0 Å². The maximum Gasteiger partial charge on any atom is 0.255 e. The average molecular weight is 383 g/mol. The van der Waals surface area contributed by atoms with E-state index in [-0.39, 0.29) is 10.8 Å². The second-order valence-electron chi connectivity index (χ2n) is 6.49. The minimum absolute atomic E-state index is 0.230. The van der Waals surface area contributed by atoms with Gasteiger partial charge >= 0.3 is 0 Å². The van der Waals surface area contributed by atoms with Crippen LogP contribution in [0.1, 0.15) is 41.6 Å². The summed E-state index contributed by atoms with van der Waals surface area (Å²) < 4.78 is 27.1. The van der Waals surface area contributed by atoms with E-state index in [1.54, 1.807) is 34.6 Å². The lowest BCUT2D eigenvalue weighted by Crippen LogP contribution is -2.31. The molecule has 2 aromatic rings. The van der Waals surface area contributed by atoms with Gasteiger partial charge in [0.1, 0.15) is 0 Å². The first-order valence-corrected chi connectivity index (χ1v) is 10.4. The molecule has 0 aromatic heterocycles. The molecule has 140 valence electrons. The highest BCUT2D eigenvalue weighted by Gasteiger charge is 2.25. The van der Waals surface area contributed by atoms with Crippen molar-refractivity contribution in [2.75, 3.05) is 18.4 Å². The molecule has 1 fully saturated rings. The highest BCUT2D eigenvalue weighted by molar-refractivity contribution is 7.89. The van der Waals surface area contributed by atoms with Crippen molar-refractivity contribution < 1.29 is 13.2 Å². The van der Waals surface area contributed by atoms with Crippen molar-refractivity contribution in [3.63, 3.8) is 0 Å². The van der Waals surface area contributed by atoms with E-state index in [2.05, 4.69) is 5.32 Å². The number of nitrogens with zero attached hydrogens (tertiary/aromatic N) is 2. The van der Waals surface area contributed by atoms with Gasteiger partial charge in [0.25, 0.3) is 5.91 Å². The van der Waals surface area contributed by atoms with E-state index in [0.717, 1.165) is 25.7 Å². The Labute approximate surface area is 159 Å². The molecule has 2 aromatic carbocycles. The lowest BCUT2D eigenvalue weighted by Gasteiger charge is -2.20. The Balaban J connectivity index is 1.73. The highest BCUT2D eigenvalue weighted by Crippen LogP contribution is 2.22. The predicted molar refractivity (Wildman–Crippen MR) is 103 cm³/mol. The number of benzene rings is 2. The molecule has 0 atom stereocenters. The average Bonchev–Trinajstić information content (AvgIpc) is 2.98. The second-order valence-corrected chi connectivity index (χ2v) is 8.43. The van der Waals surface area contributed by atoms with Crippen molar-refractivity contribution in [1.82, 2.24) is 4.31 Å². The molecule has 0 aliphatic carbocycles. The number of nitriles is 1. The van der Waals surface area contributed by atoms with E-state index in [1.807, 2.05) is 6.07 Å². The predicted octanol–water partition coefficient (Wildman–Crippen LogP) is 3.38. The van der Waals surface area contributed by atoms with E-state index in [4.69, 9.17) is 5.26 Å². The number of hydrogen-bond acceptors (Lipinski definition) is 4. The van der Waals surface area contributed by atoms with Crippen molar-refractivity contribution in [1.29, 1.82) is 5.26 Å². The van der Waals surface area contributed by atoms with Gasteiger partial charge in [0.2, 0.25) is 10.0 Å². The molecule has 27 heavy (non-hydrogen) atoms. The molecule has 6 nitrogen and oxygen atoms in total. The number of carbonyl (C=O) groups is 1. The van der Waals surface area contributed by atoms with Crippen LogP contribution >= 0.6 is 0 Å². The molecule has 3 rings (SSSR count). The van der Waals surface area contributed by atoms with E-state index in [9.17, 15) is 13.2 Å². The van der Waals surface area contributed by atoms with Gasteiger partial charge in [0, 0.05) is 24.3 Å². The summed E-state index contributed by atoms with van der Waals surface area (Å²) in [6.07, 6.45) is 3.89. The van der Waals surface area contributed by atoms with Crippen LogP contribution in [-0.4, -0.2) is 31.7 Å². The Morgan fingerprint density at radius 2 is 1.67 bits per heavy atom. The van der Waals surface area contributed by atoms with Crippen molar-refractivity contribution in [3.8, 4) is 6.07 Å². The van der Waals surface area contributed by atoms with Crippen molar-refractivity contribution in [2.45, 2.75) is 30.6 Å². The van der Waals surface area contributed by atoms with Gasteiger partial charge in [-0.1, -0.05) is 18.9 Å². The van der Waals surface area contributed by atoms with Crippen molar-refractivity contribution in [2.24, 2.45) is 0 Å². The first-order chi connectivity index (χ1) is 13.0. The third-order valence-corrected chi connectivity index (χ3v) is 6.48. The lowest BCUT2D eigenvalue weighted by molar-refractivity contribution is 0.102. The molecule has 0 saturated carbocycles. The molecule has 0 bridgehead atoms. The number of anilines is 1. The van der Waals surface area contributed by atoms with Gasteiger partial charge in [-0.3, -0.25) is 4.79 Å². The zero-order valence-corrected chi connectivity index (χ0v) is 15.7. The Kier molecular flexibility index (Phi) is 5.89. The van der Waals surface area contributed by atoms with Crippen LogP contribution in [0.2, 0.25) is 0 Å². The van der Waals surface area contributed by atoms with Crippen LogP contribution < -0.4 is 5.32 Å². The first-order valence-electron chi connectivity index (χ1n) is 8.92. The zero-order chi connectivity index (χ0) is 19.3. The minimum Gasteiger partial charge on any atom is -0.322 e. The Hall–Kier alpha value is -2.69. The third kappa shape index (κ3) is 4.54. The highest BCUT2D eigenvalue weighted by atomic mass is 32.2. The summed E-state index contributed by atoms with van der Waals surface area (Å²) >= 11 is 0. The Morgan fingerprint density at radius 1 is 1.00 bits per heavy atom. The summed E-state index contributed by atoms with van der Waals surface area (Å²) in [7, 11) is -3.51. The van der Waals surface area contributed by atoms with Gasteiger partial charge in [-0.05, 0) is 55.3 Å². The van der Waals surface area contributed by atoms with Crippen molar-refractivity contribution in [3.05, 3.63) is 59.7 Å². The van der Waals surface area contributed by atoms with E-state index >= 15 is 0 Å². The normalized spacial score (nSPS) is 15.5. The molecule has 7 heteroatoms. The molecule has 0 spiro atoms. The standard InChI is InChI=1S/C20H21N3O3S/c21-15-16-6-5-7-17(14-16)20(24)22-18-8-10-19(11-9-18)27(25,26)23-12-3-1-2-4-13-23/h5-11,14H,1-4,12-13H2,(H,22,24). The molecule has 1 amide bonds. The van der Waals surface area contributed by atoms with Gasteiger partial charge < -0.3 is 5.32 Å². The number of carbonyl (C=O) groups excluding carboxylic acids is 1. The maximum absolute atomic E-state index is 12.8. The molecule has 1 saturated heterocycles. The quantitative estimate of drug-likeness (QED) is 0.876. The first kappa shape index (κ1) is 19.1. The molecule has 1 aliphatic rings. The number of amides is 1. The summed E-state index contributed by atoms with van der Waals surface area (Å²) in [4.78, 5) is 12.5. The second kappa shape index (κ2) is 8.33. The van der Waals surface area contributed by atoms with Crippen LogP contribution in [0.4, 0.5) is 5.69 Å². The number of rotatable bonds is 4. The summed E-state index contributed by atoms with van der Waals surface area (Å²) in [5.74, 6) is -0.352. The SMILES string of the molecule is N#Cc1cccc(C(=O)Nc2ccc(S(=O)(=O)N3CCCCCC3)cc2)c1.